The maximum atomic E-state index is 14.1. The number of nitrogen functional groups attached to an aromatic ring is 1. The van der Waals surface area contributed by atoms with Crippen molar-refractivity contribution in [3.63, 3.8) is 0 Å². The second-order valence-corrected chi connectivity index (χ2v) is 5.82. The summed E-state index contributed by atoms with van der Waals surface area (Å²) in [5, 5.41) is 5.15. The first-order chi connectivity index (χ1) is 10.9. The fraction of sp³-hybridized carbons (Fsp3) is 0.0625. The molecule has 0 atom stereocenters. The fourth-order valence-electron chi connectivity index (χ4n) is 2.41. The van der Waals surface area contributed by atoms with Crippen LogP contribution in [-0.2, 0) is 0 Å². The van der Waals surface area contributed by atoms with Crippen molar-refractivity contribution >= 4 is 29.0 Å². The monoisotopic (exact) mass is 353 g/mol. The minimum atomic E-state index is -0.707. The lowest BCUT2D eigenvalue weighted by atomic mass is 10.1. The van der Waals surface area contributed by atoms with E-state index in [9.17, 15) is 8.78 Å². The van der Waals surface area contributed by atoms with Crippen LogP contribution in [0.5, 0.6) is 0 Å². The molecule has 0 fully saturated rings. The molecule has 7 heteroatoms. The summed E-state index contributed by atoms with van der Waals surface area (Å²) in [6, 6.07) is 8.19. The Labute approximate surface area is 141 Å². The summed E-state index contributed by atoms with van der Waals surface area (Å²) in [6.45, 7) is 1.69. The standard InChI is InChI=1S/C16H11Cl2F2N3/c1-8-15(11-4-3-10(19)7-13(11)20)16(21)23(22-8)14-5-2-9(17)6-12(14)18/h2-7H,21H2,1H3. The van der Waals surface area contributed by atoms with Crippen molar-refractivity contribution in [2.45, 2.75) is 6.92 Å². The number of aromatic nitrogens is 2. The van der Waals surface area contributed by atoms with Crippen LogP contribution >= 0.6 is 23.2 Å². The zero-order chi connectivity index (χ0) is 16.7. The van der Waals surface area contributed by atoms with Crippen molar-refractivity contribution in [1.29, 1.82) is 0 Å². The molecule has 1 heterocycles. The van der Waals surface area contributed by atoms with Crippen LogP contribution in [0.15, 0.2) is 36.4 Å². The van der Waals surface area contributed by atoms with Crippen molar-refractivity contribution in [2.75, 3.05) is 5.73 Å². The molecule has 0 aliphatic heterocycles. The van der Waals surface area contributed by atoms with Crippen molar-refractivity contribution < 1.29 is 8.78 Å². The first-order valence-electron chi connectivity index (χ1n) is 6.64. The molecule has 3 rings (SSSR count). The molecule has 23 heavy (non-hydrogen) atoms. The molecule has 0 amide bonds. The Morgan fingerprint density at radius 1 is 1.09 bits per heavy atom. The average molecular weight is 354 g/mol. The Morgan fingerprint density at radius 3 is 2.48 bits per heavy atom. The van der Waals surface area contributed by atoms with Gasteiger partial charge in [-0.25, -0.2) is 13.5 Å². The smallest absolute Gasteiger partial charge is 0.135 e. The lowest BCUT2D eigenvalue weighted by molar-refractivity contribution is 0.585. The predicted octanol–water partition coefficient (Wildman–Crippen LogP) is 5.01. The van der Waals surface area contributed by atoms with Crippen LogP contribution in [-0.4, -0.2) is 9.78 Å². The summed E-state index contributed by atoms with van der Waals surface area (Å²) >= 11 is 12.1. The highest BCUT2D eigenvalue weighted by atomic mass is 35.5. The van der Waals surface area contributed by atoms with Crippen molar-refractivity contribution in [2.24, 2.45) is 0 Å². The normalized spacial score (nSPS) is 11.0. The van der Waals surface area contributed by atoms with E-state index < -0.39 is 11.6 Å². The molecular formula is C16H11Cl2F2N3. The molecular weight excluding hydrogens is 343 g/mol. The predicted molar refractivity (Wildman–Crippen MR) is 88.1 cm³/mol. The number of nitrogens with two attached hydrogens (primary N) is 1. The van der Waals surface area contributed by atoms with E-state index >= 15 is 0 Å². The minimum Gasteiger partial charge on any atom is -0.383 e. The molecule has 0 unspecified atom stereocenters. The van der Waals surface area contributed by atoms with Gasteiger partial charge in [0.1, 0.15) is 17.5 Å². The third-order valence-corrected chi connectivity index (χ3v) is 3.97. The third-order valence-electron chi connectivity index (χ3n) is 3.43. The highest BCUT2D eigenvalue weighted by molar-refractivity contribution is 6.35. The van der Waals surface area contributed by atoms with E-state index in [2.05, 4.69) is 5.10 Å². The maximum absolute atomic E-state index is 14.1. The number of hydrogen-bond donors (Lipinski definition) is 1. The van der Waals surface area contributed by atoms with Gasteiger partial charge >= 0.3 is 0 Å². The Morgan fingerprint density at radius 2 is 1.83 bits per heavy atom. The van der Waals surface area contributed by atoms with Gasteiger partial charge in [-0.3, -0.25) is 0 Å². The number of hydrogen-bond acceptors (Lipinski definition) is 2. The van der Waals surface area contributed by atoms with Gasteiger partial charge in [-0.15, -0.1) is 0 Å². The topological polar surface area (TPSA) is 43.8 Å². The van der Waals surface area contributed by atoms with E-state index in [4.69, 9.17) is 28.9 Å². The number of benzene rings is 2. The Kier molecular flexibility index (Phi) is 4.00. The summed E-state index contributed by atoms with van der Waals surface area (Å²) in [4.78, 5) is 0. The molecule has 3 nitrogen and oxygen atoms in total. The molecule has 0 saturated carbocycles. The van der Waals surface area contributed by atoms with Crippen molar-refractivity contribution in [3.8, 4) is 16.8 Å². The summed E-state index contributed by atoms with van der Waals surface area (Å²) in [5.41, 5.74) is 7.72. The van der Waals surface area contributed by atoms with Crippen LogP contribution in [0.4, 0.5) is 14.6 Å². The number of anilines is 1. The van der Waals surface area contributed by atoms with E-state index in [1.807, 2.05) is 0 Å². The van der Waals surface area contributed by atoms with Gasteiger partial charge in [0, 0.05) is 22.2 Å². The van der Waals surface area contributed by atoms with Gasteiger partial charge in [-0.2, -0.15) is 5.10 Å². The van der Waals surface area contributed by atoms with Gasteiger partial charge in [0.25, 0.3) is 0 Å². The van der Waals surface area contributed by atoms with E-state index in [0.717, 1.165) is 6.07 Å². The fourth-order valence-corrected chi connectivity index (χ4v) is 2.90. The zero-order valence-electron chi connectivity index (χ0n) is 11.9. The molecule has 0 aliphatic rings. The second-order valence-electron chi connectivity index (χ2n) is 4.98. The highest BCUT2D eigenvalue weighted by Crippen LogP contribution is 2.35. The molecule has 0 spiro atoms. The van der Waals surface area contributed by atoms with Crippen LogP contribution in [0.2, 0.25) is 10.0 Å². The Bertz CT molecular complexity index is 907. The van der Waals surface area contributed by atoms with Crippen molar-refractivity contribution in [1.82, 2.24) is 9.78 Å². The zero-order valence-corrected chi connectivity index (χ0v) is 13.5. The molecule has 2 N–H and O–H groups in total. The van der Waals surface area contributed by atoms with Crippen molar-refractivity contribution in [3.05, 3.63) is 63.8 Å². The molecule has 1 aromatic heterocycles. The number of halogens is 4. The van der Waals surface area contributed by atoms with Crippen LogP contribution in [0.1, 0.15) is 5.69 Å². The Hall–Kier alpha value is -2.11. The lowest BCUT2D eigenvalue weighted by Gasteiger charge is -2.08. The average Bonchev–Trinajstić information content (AvgIpc) is 2.75. The summed E-state index contributed by atoms with van der Waals surface area (Å²) in [6.07, 6.45) is 0. The van der Waals surface area contributed by atoms with Gasteiger partial charge in [-0.1, -0.05) is 23.2 Å². The quantitative estimate of drug-likeness (QED) is 0.703. The van der Waals surface area contributed by atoms with Gasteiger partial charge < -0.3 is 5.73 Å². The second kappa shape index (κ2) is 5.83. The van der Waals surface area contributed by atoms with Gasteiger partial charge in [0.2, 0.25) is 0 Å². The molecule has 0 radical (unpaired) electrons. The van der Waals surface area contributed by atoms with Crippen LogP contribution < -0.4 is 5.73 Å². The summed E-state index contributed by atoms with van der Waals surface area (Å²) < 4.78 is 28.6. The SMILES string of the molecule is Cc1nn(-c2ccc(Cl)cc2Cl)c(N)c1-c1ccc(F)cc1F. The number of aryl methyl sites for hydroxylation is 1. The summed E-state index contributed by atoms with van der Waals surface area (Å²) in [7, 11) is 0. The first-order valence-corrected chi connectivity index (χ1v) is 7.40. The Balaban J connectivity index is 2.20. The number of nitrogens with zero attached hydrogens (tertiary/aromatic N) is 2. The van der Waals surface area contributed by atoms with Crippen LogP contribution in [0.3, 0.4) is 0 Å². The van der Waals surface area contributed by atoms with E-state index in [1.165, 1.54) is 16.8 Å². The molecule has 118 valence electrons. The van der Waals surface area contributed by atoms with Gasteiger partial charge in [0.05, 0.1) is 16.4 Å². The lowest BCUT2D eigenvalue weighted by Crippen LogP contribution is -2.03. The molecule has 2 aromatic carbocycles. The van der Waals surface area contributed by atoms with E-state index in [1.54, 1.807) is 25.1 Å². The largest absolute Gasteiger partial charge is 0.383 e. The molecule has 3 aromatic rings. The van der Waals surface area contributed by atoms with Crippen LogP contribution in [0.25, 0.3) is 16.8 Å². The molecule has 0 aliphatic carbocycles. The maximum Gasteiger partial charge on any atom is 0.135 e. The molecule has 0 bridgehead atoms. The highest BCUT2D eigenvalue weighted by Gasteiger charge is 2.20. The number of rotatable bonds is 2. The third kappa shape index (κ3) is 2.78. The van der Waals surface area contributed by atoms with Crippen LogP contribution in [0, 0.1) is 18.6 Å². The first kappa shape index (κ1) is 15.8. The van der Waals surface area contributed by atoms with E-state index in [-0.39, 0.29) is 11.4 Å². The van der Waals surface area contributed by atoms with Gasteiger partial charge in [0.15, 0.2) is 0 Å². The van der Waals surface area contributed by atoms with Gasteiger partial charge in [-0.05, 0) is 37.3 Å². The molecule has 0 saturated heterocycles. The van der Waals surface area contributed by atoms with E-state index in [0.29, 0.717) is 27.0 Å². The minimum absolute atomic E-state index is 0.178. The summed E-state index contributed by atoms with van der Waals surface area (Å²) in [5.74, 6) is -1.16.